The zero-order chi connectivity index (χ0) is 14.2. The number of aryl methyl sites for hydroxylation is 1. The highest BCUT2D eigenvalue weighted by Gasteiger charge is 2.17. The number of aromatic nitrogens is 1. The van der Waals surface area contributed by atoms with Gasteiger partial charge in [0.05, 0.1) is 12.2 Å². The molecule has 0 saturated carbocycles. The Morgan fingerprint density at radius 3 is 2.58 bits per heavy atom. The van der Waals surface area contributed by atoms with Crippen molar-refractivity contribution in [2.45, 2.75) is 20.4 Å². The van der Waals surface area contributed by atoms with Crippen LogP contribution in [0.15, 0.2) is 12.1 Å². The summed E-state index contributed by atoms with van der Waals surface area (Å²) in [6, 6.07) is 3.27. The van der Waals surface area contributed by atoms with E-state index in [-0.39, 0.29) is 12.2 Å². The normalized spacial score (nSPS) is 10.9. The molecule has 1 aromatic carbocycles. The van der Waals surface area contributed by atoms with Gasteiger partial charge in [0, 0.05) is 28.7 Å². The maximum atomic E-state index is 11.2. The van der Waals surface area contributed by atoms with Crippen molar-refractivity contribution in [2.75, 3.05) is 6.61 Å². The van der Waals surface area contributed by atoms with Crippen LogP contribution < -0.4 is 0 Å². The monoisotopic (exact) mass is 261 g/mol. The predicted octanol–water partition coefficient (Wildman–Crippen LogP) is 1.76. The molecule has 0 fully saturated rings. The van der Waals surface area contributed by atoms with Crippen molar-refractivity contribution < 1.29 is 19.8 Å². The lowest BCUT2D eigenvalue weighted by Crippen LogP contribution is -2.05. The van der Waals surface area contributed by atoms with Gasteiger partial charge in [-0.2, -0.15) is 0 Å². The topological polar surface area (TPSA) is 79.5 Å². The van der Waals surface area contributed by atoms with Gasteiger partial charge < -0.3 is 14.8 Å². The summed E-state index contributed by atoms with van der Waals surface area (Å²) < 4.78 is 1.77. The molecular formula is C14H15NO4. The number of nitrogens with zero attached hydrogens (tertiary/aromatic N) is 1. The lowest BCUT2D eigenvalue weighted by Gasteiger charge is -2.07. The van der Waals surface area contributed by atoms with Gasteiger partial charge in [-0.05, 0) is 31.5 Å². The minimum atomic E-state index is -0.999. The Morgan fingerprint density at radius 2 is 2.05 bits per heavy atom. The Bertz CT molecular complexity index is 670. The van der Waals surface area contributed by atoms with Gasteiger partial charge in [0.1, 0.15) is 0 Å². The van der Waals surface area contributed by atoms with E-state index in [0.29, 0.717) is 23.2 Å². The second kappa shape index (κ2) is 4.85. The number of carbonyl (C=O) groups excluding carboxylic acids is 1. The first kappa shape index (κ1) is 13.3. The van der Waals surface area contributed by atoms with E-state index in [9.17, 15) is 9.59 Å². The van der Waals surface area contributed by atoms with Crippen molar-refractivity contribution >= 4 is 23.2 Å². The Hall–Kier alpha value is -2.14. The second-order valence-corrected chi connectivity index (χ2v) is 4.48. The number of aldehydes is 1. The van der Waals surface area contributed by atoms with Crippen LogP contribution in [0.2, 0.25) is 0 Å². The summed E-state index contributed by atoms with van der Waals surface area (Å²) in [5.74, 6) is -0.999. The summed E-state index contributed by atoms with van der Waals surface area (Å²) in [6.07, 6.45) is 0.769. The largest absolute Gasteiger partial charge is 0.478 e. The lowest BCUT2D eigenvalue weighted by molar-refractivity contribution is 0.0696. The molecule has 1 heterocycles. The van der Waals surface area contributed by atoms with Crippen molar-refractivity contribution in [3.63, 3.8) is 0 Å². The number of hydrogen-bond donors (Lipinski definition) is 2. The Kier molecular flexibility index (Phi) is 3.40. The summed E-state index contributed by atoms with van der Waals surface area (Å²) in [5.41, 5.74) is 2.77. The number of carboxylic acid groups (broad SMARTS) is 1. The molecule has 100 valence electrons. The average molecular weight is 261 g/mol. The molecule has 0 amide bonds. The number of rotatable bonds is 4. The van der Waals surface area contributed by atoms with E-state index in [1.54, 1.807) is 30.5 Å². The SMILES string of the molecule is Cc1cc2c(C=O)c(C)n(CCO)c2cc1C(=O)O. The summed E-state index contributed by atoms with van der Waals surface area (Å²) in [6.45, 7) is 3.75. The van der Waals surface area contributed by atoms with Crippen molar-refractivity contribution in [2.24, 2.45) is 0 Å². The minimum absolute atomic E-state index is 0.0702. The molecule has 2 rings (SSSR count). The highest BCUT2D eigenvalue weighted by molar-refractivity contribution is 6.03. The Morgan fingerprint density at radius 1 is 1.37 bits per heavy atom. The van der Waals surface area contributed by atoms with Crippen LogP contribution in [-0.2, 0) is 6.54 Å². The van der Waals surface area contributed by atoms with Gasteiger partial charge in [-0.3, -0.25) is 4.79 Å². The summed E-state index contributed by atoms with van der Waals surface area (Å²) in [7, 11) is 0. The predicted molar refractivity (Wildman–Crippen MR) is 70.8 cm³/mol. The maximum absolute atomic E-state index is 11.2. The van der Waals surface area contributed by atoms with Gasteiger partial charge in [0.25, 0.3) is 0 Å². The molecule has 19 heavy (non-hydrogen) atoms. The molecule has 5 nitrogen and oxygen atoms in total. The van der Waals surface area contributed by atoms with E-state index < -0.39 is 5.97 Å². The van der Waals surface area contributed by atoms with Gasteiger partial charge in [0.2, 0.25) is 0 Å². The number of aliphatic hydroxyl groups is 1. The van der Waals surface area contributed by atoms with Crippen LogP contribution in [0.4, 0.5) is 0 Å². The molecule has 0 aliphatic heterocycles. The molecule has 0 unspecified atom stereocenters. The van der Waals surface area contributed by atoms with Gasteiger partial charge in [-0.1, -0.05) is 0 Å². The molecule has 0 spiro atoms. The van der Waals surface area contributed by atoms with Crippen LogP contribution in [0, 0.1) is 13.8 Å². The van der Waals surface area contributed by atoms with E-state index in [2.05, 4.69) is 0 Å². The Balaban J connectivity index is 2.86. The molecule has 0 radical (unpaired) electrons. The third kappa shape index (κ3) is 2.02. The average Bonchev–Trinajstić information content (AvgIpc) is 2.61. The molecule has 0 aliphatic rings. The Labute approximate surface area is 110 Å². The highest BCUT2D eigenvalue weighted by Crippen LogP contribution is 2.27. The van der Waals surface area contributed by atoms with E-state index in [4.69, 9.17) is 10.2 Å². The van der Waals surface area contributed by atoms with Crippen LogP contribution in [0.5, 0.6) is 0 Å². The van der Waals surface area contributed by atoms with Crippen LogP contribution in [-0.4, -0.2) is 33.6 Å². The fourth-order valence-electron chi connectivity index (χ4n) is 2.42. The zero-order valence-corrected chi connectivity index (χ0v) is 10.8. The quantitative estimate of drug-likeness (QED) is 0.822. The van der Waals surface area contributed by atoms with Crippen molar-refractivity contribution in [1.82, 2.24) is 4.57 Å². The first-order valence-corrected chi connectivity index (χ1v) is 5.94. The van der Waals surface area contributed by atoms with Crippen molar-refractivity contribution in [3.05, 3.63) is 34.5 Å². The molecule has 0 saturated heterocycles. The molecule has 2 N–H and O–H groups in total. The number of fused-ring (bicyclic) bond motifs is 1. The number of aromatic carboxylic acids is 1. The van der Waals surface area contributed by atoms with Crippen LogP contribution in [0.1, 0.15) is 32.0 Å². The number of carboxylic acids is 1. The maximum Gasteiger partial charge on any atom is 0.336 e. The molecule has 1 aromatic heterocycles. The van der Waals surface area contributed by atoms with Crippen molar-refractivity contribution in [1.29, 1.82) is 0 Å². The zero-order valence-electron chi connectivity index (χ0n) is 10.8. The van der Waals surface area contributed by atoms with Gasteiger partial charge in [0.15, 0.2) is 6.29 Å². The number of hydrogen-bond acceptors (Lipinski definition) is 3. The molecule has 2 aromatic rings. The third-order valence-electron chi connectivity index (χ3n) is 3.39. The smallest absolute Gasteiger partial charge is 0.336 e. The molecule has 0 aliphatic carbocycles. The molecule has 0 atom stereocenters. The molecule has 5 heteroatoms. The third-order valence-corrected chi connectivity index (χ3v) is 3.39. The fraction of sp³-hybridized carbons (Fsp3) is 0.286. The fourth-order valence-corrected chi connectivity index (χ4v) is 2.42. The summed E-state index contributed by atoms with van der Waals surface area (Å²) in [4.78, 5) is 22.4. The van der Waals surface area contributed by atoms with Crippen LogP contribution in [0.25, 0.3) is 10.9 Å². The lowest BCUT2D eigenvalue weighted by atomic mass is 10.0. The van der Waals surface area contributed by atoms with E-state index in [1.165, 1.54) is 0 Å². The standard InChI is InChI=1S/C14H15NO4/c1-8-5-11-12(7-17)9(2)15(3-4-16)13(11)6-10(8)14(18)19/h5-7,16H,3-4H2,1-2H3,(H,18,19). The van der Waals surface area contributed by atoms with Crippen LogP contribution >= 0.6 is 0 Å². The van der Waals surface area contributed by atoms with Gasteiger partial charge in [-0.15, -0.1) is 0 Å². The van der Waals surface area contributed by atoms with Gasteiger partial charge >= 0.3 is 5.97 Å². The first-order valence-electron chi connectivity index (χ1n) is 5.94. The number of aliphatic hydroxyl groups excluding tert-OH is 1. The van der Waals surface area contributed by atoms with E-state index in [0.717, 1.165) is 17.4 Å². The van der Waals surface area contributed by atoms with E-state index >= 15 is 0 Å². The summed E-state index contributed by atoms with van der Waals surface area (Å²) in [5, 5.41) is 19.0. The van der Waals surface area contributed by atoms with Crippen LogP contribution in [0.3, 0.4) is 0 Å². The molecular weight excluding hydrogens is 246 g/mol. The minimum Gasteiger partial charge on any atom is -0.478 e. The van der Waals surface area contributed by atoms with Crippen molar-refractivity contribution in [3.8, 4) is 0 Å². The van der Waals surface area contributed by atoms with E-state index in [1.807, 2.05) is 0 Å². The number of benzene rings is 1. The van der Waals surface area contributed by atoms with Gasteiger partial charge in [-0.25, -0.2) is 4.79 Å². The highest BCUT2D eigenvalue weighted by atomic mass is 16.4. The summed E-state index contributed by atoms with van der Waals surface area (Å²) >= 11 is 0. The number of carbonyl (C=O) groups is 2. The molecule has 0 bridgehead atoms. The first-order chi connectivity index (χ1) is 9.01. The second-order valence-electron chi connectivity index (χ2n) is 4.48.